The zero-order valence-corrected chi connectivity index (χ0v) is 32.9. The van der Waals surface area contributed by atoms with Gasteiger partial charge in [0.1, 0.15) is 6.10 Å². The van der Waals surface area contributed by atoms with E-state index in [0.29, 0.717) is 43.2 Å². The molecule has 0 N–H and O–H groups in total. The van der Waals surface area contributed by atoms with Crippen molar-refractivity contribution in [1.29, 1.82) is 0 Å². The number of methoxy groups -OCH3 is 3. The molecule has 0 spiro atoms. The molecule has 9 heteroatoms. The zero-order valence-electron chi connectivity index (χ0n) is 32.9. The lowest BCUT2D eigenvalue weighted by Crippen LogP contribution is -2.46. The van der Waals surface area contributed by atoms with Crippen LogP contribution in [0.3, 0.4) is 0 Å². The Morgan fingerprint density at radius 2 is 0.865 bits per heavy atom. The Morgan fingerprint density at radius 3 is 1.27 bits per heavy atom. The van der Waals surface area contributed by atoms with Crippen LogP contribution in [0.5, 0.6) is 0 Å². The molecule has 0 radical (unpaired) electrons. The van der Waals surface area contributed by atoms with Gasteiger partial charge in [0.25, 0.3) is 0 Å². The van der Waals surface area contributed by atoms with Crippen LogP contribution in [-0.2, 0) is 32.8 Å². The highest BCUT2D eigenvalue weighted by atomic mass is 16.6. The summed E-state index contributed by atoms with van der Waals surface area (Å²) in [4.78, 5) is 0. The van der Waals surface area contributed by atoms with E-state index >= 15 is 0 Å². The highest BCUT2D eigenvalue weighted by molar-refractivity contribution is 6.61. The minimum Gasteiger partial charge on any atom is -0.407 e. The van der Waals surface area contributed by atoms with E-state index in [1.165, 1.54) is 107 Å². The molecule has 2 aliphatic carbocycles. The summed E-state index contributed by atoms with van der Waals surface area (Å²) in [5, 5.41) is 0. The molecule has 0 aromatic heterocycles. The minimum absolute atomic E-state index is 0.0477. The number of ether oxygens (including phenoxy) is 3. The van der Waals surface area contributed by atoms with E-state index in [2.05, 4.69) is 55.5 Å². The summed E-state index contributed by atoms with van der Waals surface area (Å²) in [7, 11) is 4.90. The standard InChI is InChI=1S/C26H43BO3.C17H25BO4/c1-3-4-5-6-7-8-9-10-11-22-20-29-27(30-21-22)25-16-12-23(13-17-25)24-14-18-26(28-2)19-15-24;1-19-16-9-5-14(6-10-16)13-3-7-15(8-4-13)18-21-11-17(20-2)12-22-18/h12-13,16-17,22,24,26H,3-11,14-15,18-21H2,1-2H3;3-4,7-8,14,16-17H,5-6,9-12H2,1-2H3. The summed E-state index contributed by atoms with van der Waals surface area (Å²) in [6.45, 7) is 5.13. The van der Waals surface area contributed by atoms with Gasteiger partial charge in [-0.25, -0.2) is 0 Å². The molecular weight excluding hydrogens is 650 g/mol. The highest BCUT2D eigenvalue weighted by Crippen LogP contribution is 2.34. The van der Waals surface area contributed by atoms with Gasteiger partial charge in [-0.05, 0) is 91.7 Å². The molecule has 2 aliphatic heterocycles. The van der Waals surface area contributed by atoms with Gasteiger partial charge in [0.15, 0.2) is 0 Å². The first-order valence-electron chi connectivity index (χ1n) is 20.8. The van der Waals surface area contributed by atoms with Gasteiger partial charge in [0.2, 0.25) is 0 Å². The Bertz CT molecular complexity index is 1160. The molecule has 0 bridgehead atoms. The molecule has 0 unspecified atom stereocenters. The van der Waals surface area contributed by atoms with Crippen molar-refractivity contribution >= 4 is 25.2 Å². The van der Waals surface area contributed by atoms with Gasteiger partial charge in [-0.3, -0.25) is 0 Å². The average molecular weight is 719 g/mol. The molecule has 288 valence electrons. The van der Waals surface area contributed by atoms with Crippen molar-refractivity contribution in [3.05, 3.63) is 59.7 Å². The Morgan fingerprint density at radius 1 is 0.481 bits per heavy atom. The highest BCUT2D eigenvalue weighted by Gasteiger charge is 2.31. The van der Waals surface area contributed by atoms with Gasteiger partial charge in [-0.1, -0.05) is 107 Å². The van der Waals surface area contributed by atoms with Gasteiger partial charge in [0.05, 0.1) is 25.4 Å². The predicted molar refractivity (Wildman–Crippen MR) is 213 cm³/mol. The zero-order chi connectivity index (χ0) is 36.4. The van der Waals surface area contributed by atoms with E-state index in [1.807, 2.05) is 14.2 Å². The summed E-state index contributed by atoms with van der Waals surface area (Å²) in [6.07, 6.45) is 22.8. The Hall–Kier alpha value is -1.71. The molecule has 2 aromatic rings. The molecule has 52 heavy (non-hydrogen) atoms. The van der Waals surface area contributed by atoms with Crippen LogP contribution in [0, 0.1) is 5.92 Å². The first kappa shape index (κ1) is 41.5. The second kappa shape index (κ2) is 23.3. The molecule has 4 aliphatic rings. The van der Waals surface area contributed by atoms with Crippen LogP contribution in [-0.4, -0.2) is 80.3 Å². The lowest BCUT2D eigenvalue weighted by molar-refractivity contribution is -0.0186. The lowest BCUT2D eigenvalue weighted by Gasteiger charge is -2.29. The van der Waals surface area contributed by atoms with E-state index in [4.69, 9.17) is 32.8 Å². The van der Waals surface area contributed by atoms with Crippen LogP contribution in [0.25, 0.3) is 0 Å². The van der Waals surface area contributed by atoms with E-state index in [1.54, 1.807) is 7.11 Å². The first-order valence-corrected chi connectivity index (χ1v) is 20.8. The van der Waals surface area contributed by atoms with E-state index < -0.39 is 0 Å². The van der Waals surface area contributed by atoms with Crippen molar-refractivity contribution in [2.45, 2.75) is 146 Å². The van der Waals surface area contributed by atoms with E-state index in [0.717, 1.165) is 37.0 Å². The summed E-state index contributed by atoms with van der Waals surface area (Å²) in [5.41, 5.74) is 5.12. The van der Waals surface area contributed by atoms with Gasteiger partial charge in [-0.2, -0.15) is 0 Å². The summed E-state index contributed by atoms with van der Waals surface area (Å²) in [5.74, 6) is 1.90. The molecule has 2 aromatic carbocycles. The summed E-state index contributed by atoms with van der Waals surface area (Å²) < 4.78 is 39.8. The third-order valence-electron chi connectivity index (χ3n) is 12.0. The summed E-state index contributed by atoms with van der Waals surface area (Å²) in [6, 6.07) is 17.7. The van der Waals surface area contributed by atoms with Crippen molar-refractivity contribution in [3.63, 3.8) is 0 Å². The Kier molecular flexibility index (Phi) is 18.5. The largest absolute Gasteiger partial charge is 0.494 e. The smallest absolute Gasteiger partial charge is 0.407 e. The monoisotopic (exact) mass is 719 g/mol. The number of hydrogen-bond donors (Lipinski definition) is 0. The second-order valence-electron chi connectivity index (χ2n) is 15.7. The molecule has 2 saturated carbocycles. The van der Waals surface area contributed by atoms with Crippen molar-refractivity contribution < 1.29 is 32.8 Å². The normalized spacial score (nSPS) is 24.8. The van der Waals surface area contributed by atoms with Crippen LogP contribution in [0.1, 0.15) is 139 Å². The fraction of sp³-hybridized carbons (Fsp3) is 0.721. The maximum absolute atomic E-state index is 6.07. The fourth-order valence-corrected chi connectivity index (χ4v) is 8.40. The van der Waals surface area contributed by atoms with Gasteiger partial charge in [-0.15, -0.1) is 0 Å². The van der Waals surface area contributed by atoms with Crippen LogP contribution in [0.15, 0.2) is 48.5 Å². The number of hydrogen-bond acceptors (Lipinski definition) is 7. The average Bonchev–Trinajstić information content (AvgIpc) is 3.22. The third kappa shape index (κ3) is 13.2. The van der Waals surface area contributed by atoms with Crippen LogP contribution < -0.4 is 10.9 Å². The molecule has 0 amide bonds. The Balaban J connectivity index is 0.000000210. The lowest BCUT2D eigenvalue weighted by atomic mass is 9.75. The molecule has 2 heterocycles. The number of benzene rings is 2. The van der Waals surface area contributed by atoms with Crippen LogP contribution in [0.2, 0.25) is 0 Å². The van der Waals surface area contributed by atoms with Crippen molar-refractivity contribution in [2.75, 3.05) is 47.8 Å². The maximum Gasteiger partial charge on any atom is 0.494 e. The van der Waals surface area contributed by atoms with Gasteiger partial charge in [0, 0.05) is 40.5 Å². The number of unbranched alkanes of at least 4 members (excludes halogenated alkanes) is 7. The molecule has 2 saturated heterocycles. The number of rotatable bonds is 16. The first-order chi connectivity index (χ1) is 25.6. The molecule has 7 nitrogen and oxygen atoms in total. The topological polar surface area (TPSA) is 64.6 Å². The van der Waals surface area contributed by atoms with Gasteiger partial charge < -0.3 is 32.8 Å². The SMILES string of the molecule is CCCCCCCCCCC1COB(c2ccc(C3CCC(OC)CC3)cc2)OC1.COC1CCC(c2ccc(B3OCC(OC)CO3)cc2)CC1. The van der Waals surface area contributed by atoms with E-state index in [9.17, 15) is 0 Å². The Labute approximate surface area is 316 Å². The second-order valence-corrected chi connectivity index (χ2v) is 15.7. The van der Waals surface area contributed by atoms with Crippen molar-refractivity contribution in [3.8, 4) is 0 Å². The fourth-order valence-electron chi connectivity index (χ4n) is 8.40. The van der Waals surface area contributed by atoms with Gasteiger partial charge >= 0.3 is 14.2 Å². The minimum atomic E-state index is -0.260. The summed E-state index contributed by atoms with van der Waals surface area (Å²) >= 11 is 0. The molecule has 4 fully saturated rings. The van der Waals surface area contributed by atoms with E-state index in [-0.39, 0.29) is 20.3 Å². The maximum atomic E-state index is 6.07. The van der Waals surface area contributed by atoms with Crippen molar-refractivity contribution in [1.82, 2.24) is 0 Å². The predicted octanol–water partition coefficient (Wildman–Crippen LogP) is 8.36. The van der Waals surface area contributed by atoms with Crippen LogP contribution in [0.4, 0.5) is 0 Å². The molecule has 6 rings (SSSR count). The van der Waals surface area contributed by atoms with Crippen molar-refractivity contribution in [2.24, 2.45) is 5.92 Å². The third-order valence-corrected chi connectivity index (χ3v) is 12.0. The van der Waals surface area contributed by atoms with Crippen LogP contribution >= 0.6 is 0 Å². The quantitative estimate of drug-likeness (QED) is 0.128. The molecular formula is C43H68B2O7. The molecule has 0 atom stereocenters.